The van der Waals surface area contributed by atoms with E-state index in [2.05, 4.69) is 16.1 Å². The predicted octanol–water partition coefficient (Wildman–Crippen LogP) is 0.764. The van der Waals surface area contributed by atoms with Gasteiger partial charge in [-0.25, -0.2) is 4.39 Å². The van der Waals surface area contributed by atoms with Crippen LogP contribution in [0, 0.1) is 17.8 Å². The second kappa shape index (κ2) is 8.69. The molecule has 1 amide bonds. The number of hydrogen-bond acceptors (Lipinski definition) is 6. The van der Waals surface area contributed by atoms with Crippen molar-refractivity contribution in [2.24, 2.45) is 17.8 Å². The minimum atomic E-state index is -0.807. The molecule has 0 aliphatic carbocycles. The maximum atomic E-state index is 14.4. The van der Waals surface area contributed by atoms with Crippen molar-refractivity contribution in [3.05, 3.63) is 0 Å². The number of hydrogen-bond donors (Lipinski definition) is 3. The van der Waals surface area contributed by atoms with Crippen LogP contribution in [0.4, 0.5) is 4.39 Å². The van der Waals surface area contributed by atoms with Crippen molar-refractivity contribution in [1.29, 1.82) is 0 Å². The van der Waals surface area contributed by atoms with Gasteiger partial charge >= 0.3 is 0 Å². The van der Waals surface area contributed by atoms with Gasteiger partial charge in [0.25, 0.3) is 0 Å². The van der Waals surface area contributed by atoms with Gasteiger partial charge in [0.15, 0.2) is 0 Å². The van der Waals surface area contributed by atoms with Crippen molar-refractivity contribution in [1.82, 2.24) is 21.0 Å². The van der Waals surface area contributed by atoms with Gasteiger partial charge in [-0.15, -0.1) is 0 Å². The zero-order valence-electron chi connectivity index (χ0n) is 16.2. The fraction of sp³-hybridized carbons (Fsp3) is 0.947. The number of nitrogens with zero attached hydrogens (tertiary/aromatic N) is 1. The molecule has 4 heterocycles. The van der Waals surface area contributed by atoms with Crippen LogP contribution in [-0.2, 0) is 14.4 Å². The highest BCUT2D eigenvalue weighted by molar-refractivity contribution is 5.75. The molecule has 8 heteroatoms. The molecular formula is C19H33FN4O3. The number of nitrogens with one attached hydrogen (secondary N) is 3. The van der Waals surface area contributed by atoms with Gasteiger partial charge < -0.3 is 15.0 Å². The second-order valence-electron chi connectivity index (χ2n) is 8.43. The Morgan fingerprint density at radius 1 is 1.22 bits per heavy atom. The summed E-state index contributed by atoms with van der Waals surface area (Å²) in [6.07, 6.45) is 3.38. The average Bonchev–Trinajstić information content (AvgIpc) is 3.40. The van der Waals surface area contributed by atoms with Crippen LogP contribution < -0.4 is 16.1 Å². The van der Waals surface area contributed by atoms with Crippen molar-refractivity contribution in [2.75, 3.05) is 32.8 Å². The minimum Gasteiger partial charge on any atom is -0.381 e. The first-order valence-electron chi connectivity index (χ1n) is 10.6. The van der Waals surface area contributed by atoms with Gasteiger partial charge in [0.2, 0.25) is 5.91 Å². The normalized spacial score (nSPS) is 41.2. The number of piperidine rings is 2. The van der Waals surface area contributed by atoms with Crippen LogP contribution in [0.1, 0.15) is 39.0 Å². The average molecular weight is 384 g/mol. The van der Waals surface area contributed by atoms with Gasteiger partial charge in [-0.3, -0.25) is 14.9 Å². The molecule has 6 unspecified atom stereocenters. The molecule has 6 atom stereocenters. The summed E-state index contributed by atoms with van der Waals surface area (Å²) in [6.45, 7) is 5.37. The van der Waals surface area contributed by atoms with E-state index in [4.69, 9.17) is 9.57 Å². The zero-order valence-corrected chi connectivity index (χ0v) is 16.2. The van der Waals surface area contributed by atoms with Crippen molar-refractivity contribution in [3.8, 4) is 0 Å². The third kappa shape index (κ3) is 4.29. The summed E-state index contributed by atoms with van der Waals surface area (Å²) < 4.78 is 19.9. The molecule has 4 fully saturated rings. The fourth-order valence-electron chi connectivity index (χ4n) is 5.08. The molecule has 0 spiro atoms. The van der Waals surface area contributed by atoms with Crippen LogP contribution in [0.5, 0.6) is 0 Å². The SMILES string of the molecule is CCC(=O)N1CCC(C2NOC(C3CC(C4CCOC4)C(F)CN3)N2)CC1. The third-order valence-corrected chi connectivity index (χ3v) is 6.83. The Balaban J connectivity index is 1.27. The summed E-state index contributed by atoms with van der Waals surface area (Å²) in [6, 6.07) is 0.0989. The number of likely N-dealkylation sites (tertiary alicyclic amines) is 1. The Morgan fingerprint density at radius 2 is 2.04 bits per heavy atom. The number of rotatable bonds is 4. The molecule has 7 nitrogen and oxygen atoms in total. The Morgan fingerprint density at radius 3 is 2.74 bits per heavy atom. The van der Waals surface area contributed by atoms with Gasteiger partial charge in [0.05, 0.1) is 6.17 Å². The summed E-state index contributed by atoms with van der Waals surface area (Å²) >= 11 is 0. The van der Waals surface area contributed by atoms with Gasteiger partial charge in [-0.1, -0.05) is 6.92 Å². The minimum absolute atomic E-state index is 0.0477. The Kier molecular flexibility index (Phi) is 6.28. The van der Waals surface area contributed by atoms with Crippen LogP contribution in [-0.4, -0.2) is 68.3 Å². The molecule has 0 radical (unpaired) electrons. The van der Waals surface area contributed by atoms with E-state index in [0.29, 0.717) is 31.4 Å². The lowest BCUT2D eigenvalue weighted by atomic mass is 9.80. The van der Waals surface area contributed by atoms with Crippen molar-refractivity contribution < 1.29 is 18.8 Å². The summed E-state index contributed by atoms with van der Waals surface area (Å²) in [7, 11) is 0. The largest absolute Gasteiger partial charge is 0.381 e. The smallest absolute Gasteiger partial charge is 0.222 e. The number of carbonyl (C=O) groups excluding carboxylic acids is 1. The monoisotopic (exact) mass is 384 g/mol. The van der Waals surface area contributed by atoms with Gasteiger partial charge in [-0.2, -0.15) is 5.48 Å². The number of hydroxylamine groups is 1. The first kappa shape index (κ1) is 19.5. The molecule has 27 heavy (non-hydrogen) atoms. The number of ether oxygens (including phenoxy) is 1. The Hall–Kier alpha value is -0.800. The van der Waals surface area contributed by atoms with Crippen molar-refractivity contribution in [2.45, 2.75) is 63.6 Å². The number of alkyl halides is 1. The van der Waals surface area contributed by atoms with Crippen LogP contribution in [0.25, 0.3) is 0 Å². The second-order valence-corrected chi connectivity index (χ2v) is 8.43. The van der Waals surface area contributed by atoms with E-state index in [1.807, 2.05) is 11.8 Å². The lowest BCUT2D eigenvalue weighted by Gasteiger charge is -2.38. The first-order valence-corrected chi connectivity index (χ1v) is 10.6. The molecule has 0 aromatic carbocycles. The molecule has 4 rings (SSSR count). The quantitative estimate of drug-likeness (QED) is 0.665. The number of amides is 1. The lowest BCUT2D eigenvalue weighted by Crippen LogP contribution is -2.56. The van der Waals surface area contributed by atoms with Crippen molar-refractivity contribution in [3.63, 3.8) is 0 Å². The molecule has 0 saturated carbocycles. The highest BCUT2D eigenvalue weighted by Crippen LogP contribution is 2.34. The molecule has 0 aromatic heterocycles. The van der Waals surface area contributed by atoms with E-state index in [1.165, 1.54) is 0 Å². The molecule has 4 saturated heterocycles. The fourth-order valence-corrected chi connectivity index (χ4v) is 5.08. The topological polar surface area (TPSA) is 74.9 Å². The summed E-state index contributed by atoms with van der Waals surface area (Å²) in [5.74, 6) is 1.05. The number of carbonyl (C=O) groups is 1. The van der Waals surface area contributed by atoms with E-state index in [-0.39, 0.29) is 30.3 Å². The Bertz CT molecular complexity index is 511. The van der Waals surface area contributed by atoms with Gasteiger partial charge in [-0.05, 0) is 43.4 Å². The van der Waals surface area contributed by atoms with Crippen LogP contribution in [0.15, 0.2) is 0 Å². The molecule has 4 aliphatic rings. The summed E-state index contributed by atoms with van der Waals surface area (Å²) in [5.41, 5.74) is 3.15. The van der Waals surface area contributed by atoms with E-state index in [1.54, 1.807) is 0 Å². The van der Waals surface area contributed by atoms with E-state index in [0.717, 1.165) is 45.4 Å². The van der Waals surface area contributed by atoms with Gasteiger partial charge in [0.1, 0.15) is 12.4 Å². The Labute approximate surface area is 160 Å². The molecule has 4 aliphatic heterocycles. The van der Waals surface area contributed by atoms with Crippen molar-refractivity contribution >= 4 is 5.91 Å². The maximum Gasteiger partial charge on any atom is 0.222 e. The van der Waals surface area contributed by atoms with Crippen LogP contribution >= 0.6 is 0 Å². The lowest BCUT2D eigenvalue weighted by molar-refractivity contribution is -0.132. The molecule has 3 N–H and O–H groups in total. The maximum absolute atomic E-state index is 14.4. The van der Waals surface area contributed by atoms with Crippen LogP contribution in [0.2, 0.25) is 0 Å². The predicted molar refractivity (Wildman–Crippen MR) is 98.2 cm³/mol. The first-order chi connectivity index (χ1) is 13.2. The van der Waals surface area contributed by atoms with Gasteiger partial charge in [0, 0.05) is 45.3 Å². The third-order valence-electron chi connectivity index (χ3n) is 6.83. The highest BCUT2D eigenvalue weighted by Gasteiger charge is 2.43. The van der Waals surface area contributed by atoms with Crippen LogP contribution in [0.3, 0.4) is 0 Å². The van der Waals surface area contributed by atoms with E-state index < -0.39 is 6.17 Å². The highest BCUT2D eigenvalue weighted by atomic mass is 19.1. The summed E-state index contributed by atoms with van der Waals surface area (Å²) in [4.78, 5) is 19.6. The van der Waals surface area contributed by atoms with E-state index >= 15 is 0 Å². The molecule has 0 aromatic rings. The molecular weight excluding hydrogens is 351 g/mol. The molecule has 154 valence electrons. The number of halogens is 1. The molecule has 0 bridgehead atoms. The zero-order chi connectivity index (χ0) is 18.8. The van der Waals surface area contributed by atoms with E-state index in [9.17, 15) is 9.18 Å². The summed E-state index contributed by atoms with van der Waals surface area (Å²) in [5, 5.41) is 6.88. The standard InChI is InChI=1S/C19H33FN4O3/c1-2-17(25)24-6-3-12(4-7-24)18-22-19(27-23-18)16-9-14(15(20)10-21-16)13-5-8-26-11-13/h12-16,18-19,21-23H,2-11H2,1H3.